The van der Waals surface area contributed by atoms with Crippen molar-refractivity contribution in [3.63, 3.8) is 0 Å². The van der Waals surface area contributed by atoms with Crippen LogP contribution in [-0.2, 0) is 9.84 Å². The van der Waals surface area contributed by atoms with Crippen molar-refractivity contribution >= 4 is 25.4 Å². The molecular weight excluding hydrogens is 275 g/mol. The number of hydrogen-bond donors (Lipinski definition) is 1. The second-order valence-electron chi connectivity index (χ2n) is 3.91. The smallest absolute Gasteiger partial charge is 0.339 e. The van der Waals surface area contributed by atoms with E-state index in [4.69, 9.17) is 5.73 Å². The minimum atomic E-state index is -3.55. The molecule has 2 rings (SSSR count). The van der Waals surface area contributed by atoms with Gasteiger partial charge in [-0.15, -0.1) is 0 Å². The van der Waals surface area contributed by atoms with Crippen LogP contribution in [0.2, 0.25) is 0 Å². The number of rotatable bonds is 2. The molecule has 7 heteroatoms. The monoisotopic (exact) mass is 287 g/mol. The number of anilines is 1. The lowest BCUT2D eigenvalue weighted by Gasteiger charge is -1.99. The summed E-state index contributed by atoms with van der Waals surface area (Å²) in [5, 5.41) is 2.25. The van der Waals surface area contributed by atoms with Crippen LogP contribution in [0.25, 0.3) is 4.90 Å². The zero-order valence-electron chi connectivity index (χ0n) is 9.84. The molecule has 0 aliphatic carbocycles. The normalized spacial score (nSPS) is 12.7. The van der Waals surface area contributed by atoms with Gasteiger partial charge < -0.3 is 5.73 Å². The third-order valence-corrected chi connectivity index (χ3v) is 5.37. The number of thiazole rings is 1. The molecular formula is C11H12FN2O2S2+. The molecule has 0 aliphatic heterocycles. The molecule has 2 aromatic rings. The van der Waals surface area contributed by atoms with E-state index in [2.05, 4.69) is 4.98 Å². The van der Waals surface area contributed by atoms with Crippen molar-refractivity contribution in [1.29, 1.82) is 0 Å². The highest BCUT2D eigenvalue weighted by atomic mass is 32.2. The maximum absolute atomic E-state index is 13.7. The van der Waals surface area contributed by atoms with Gasteiger partial charge in [0.2, 0.25) is 0 Å². The fraction of sp³-hybridized carbons (Fsp3) is 0.182. The number of aryl methyl sites for hydroxylation is 1. The van der Waals surface area contributed by atoms with Crippen molar-refractivity contribution < 1.29 is 12.8 Å². The Balaban J connectivity index is 2.57. The molecule has 0 radical (unpaired) electrons. The summed E-state index contributed by atoms with van der Waals surface area (Å²) in [6.07, 6.45) is 0.975. The van der Waals surface area contributed by atoms with Crippen molar-refractivity contribution in [2.75, 3.05) is 12.0 Å². The number of aromatic nitrogens is 1. The number of nitrogens with zero attached hydrogens (tertiary/aromatic N) is 1. The first-order valence-corrected chi connectivity index (χ1v) is 8.22. The van der Waals surface area contributed by atoms with Crippen molar-refractivity contribution in [1.82, 2.24) is 4.98 Å². The molecule has 0 saturated heterocycles. The van der Waals surface area contributed by atoms with Crippen molar-refractivity contribution in [2.24, 2.45) is 0 Å². The lowest BCUT2D eigenvalue weighted by Crippen LogP contribution is -2.00. The van der Waals surface area contributed by atoms with Gasteiger partial charge in [-0.3, -0.25) is 0 Å². The van der Waals surface area contributed by atoms with Crippen LogP contribution >= 0.6 is 10.5 Å². The number of hydrogen-bond acceptors (Lipinski definition) is 4. The van der Waals surface area contributed by atoms with Crippen molar-refractivity contribution in [3.05, 3.63) is 35.1 Å². The van der Waals surface area contributed by atoms with Crippen LogP contribution in [0.3, 0.4) is 0 Å². The summed E-state index contributed by atoms with van der Waals surface area (Å²) in [5.74, 6) is -0.756. The van der Waals surface area contributed by atoms with Crippen LogP contribution in [0.1, 0.15) is 5.69 Å². The predicted molar refractivity (Wildman–Crippen MR) is 70.3 cm³/mol. The molecule has 0 saturated carbocycles. The van der Waals surface area contributed by atoms with Gasteiger partial charge in [0.15, 0.2) is 20.1 Å². The molecule has 0 spiro atoms. The summed E-state index contributed by atoms with van der Waals surface area (Å²) in [6, 6.07) is 4.04. The van der Waals surface area contributed by atoms with E-state index in [-0.39, 0.29) is 4.90 Å². The fourth-order valence-electron chi connectivity index (χ4n) is 1.59. The molecule has 1 aromatic heterocycles. The second-order valence-corrected chi connectivity index (χ2v) is 7.70. The van der Waals surface area contributed by atoms with Crippen molar-refractivity contribution in [3.8, 4) is 4.90 Å². The average molecular weight is 287 g/mol. The number of nitrogens with two attached hydrogens (primary N) is 1. The average Bonchev–Trinajstić information content (AvgIpc) is 2.55. The van der Waals surface area contributed by atoms with Gasteiger partial charge in [-0.1, -0.05) is 0 Å². The maximum atomic E-state index is 13.7. The highest BCUT2D eigenvalue weighted by Crippen LogP contribution is 2.38. The maximum Gasteiger partial charge on any atom is 0.343 e. The largest absolute Gasteiger partial charge is 0.343 e. The van der Waals surface area contributed by atoms with Gasteiger partial charge in [-0.05, 0) is 19.1 Å². The summed E-state index contributed by atoms with van der Waals surface area (Å²) in [7, 11) is -4.13. The Hall–Kier alpha value is -1.47. The summed E-state index contributed by atoms with van der Waals surface area (Å²) in [5.41, 5.74) is 6.53. The minimum Gasteiger partial charge on any atom is -0.339 e. The quantitative estimate of drug-likeness (QED) is 0.860. The van der Waals surface area contributed by atoms with Crippen LogP contribution in [0.5, 0.6) is 0 Å². The molecule has 1 atom stereocenters. The first kappa shape index (κ1) is 13.0. The number of benzene rings is 1. The van der Waals surface area contributed by atoms with Gasteiger partial charge in [0, 0.05) is 12.3 Å². The van der Waals surface area contributed by atoms with E-state index in [1.807, 2.05) is 5.38 Å². The van der Waals surface area contributed by atoms with E-state index in [0.717, 1.165) is 11.9 Å². The Bertz CT molecular complexity index is 708. The molecule has 4 nitrogen and oxygen atoms in total. The standard InChI is InChI=1S/C11H12FN2O2S2/c1-7-6-17(11(13)14-7)8-3-4-10(9(12)5-8)18(2,15)16/h3-6H,1-2H3,(H2,13,14)/q+1. The van der Waals surface area contributed by atoms with Crippen molar-refractivity contribution in [2.45, 2.75) is 11.8 Å². The molecule has 18 heavy (non-hydrogen) atoms. The fourth-order valence-corrected chi connectivity index (χ4v) is 3.90. The van der Waals surface area contributed by atoms with Gasteiger partial charge in [-0.2, -0.15) is 4.98 Å². The zero-order valence-corrected chi connectivity index (χ0v) is 11.5. The molecule has 0 fully saturated rings. The SMILES string of the molecule is Cc1c[s+](-c2ccc(S(C)(=O)=O)c(F)c2)c(N)n1. The highest BCUT2D eigenvalue weighted by Gasteiger charge is 2.21. The lowest BCUT2D eigenvalue weighted by atomic mass is 10.3. The van der Waals surface area contributed by atoms with Gasteiger partial charge in [0.05, 0.1) is 16.2 Å². The van der Waals surface area contributed by atoms with E-state index in [1.165, 1.54) is 12.1 Å². The third-order valence-electron chi connectivity index (χ3n) is 2.36. The first-order valence-electron chi connectivity index (χ1n) is 5.04. The van der Waals surface area contributed by atoms with E-state index in [9.17, 15) is 12.8 Å². The molecule has 96 valence electrons. The van der Waals surface area contributed by atoms with Gasteiger partial charge in [0.25, 0.3) is 0 Å². The summed E-state index contributed by atoms with van der Waals surface area (Å²) in [4.78, 5) is 4.40. The van der Waals surface area contributed by atoms with Gasteiger partial charge >= 0.3 is 5.13 Å². The minimum absolute atomic E-state index is 0.301. The Morgan fingerprint density at radius 1 is 1.39 bits per heavy atom. The summed E-state index contributed by atoms with van der Waals surface area (Å²) < 4.78 is 36.4. The Kier molecular flexibility index (Phi) is 3.12. The third kappa shape index (κ3) is 2.37. The molecule has 1 unspecified atom stereocenters. The molecule has 1 aromatic carbocycles. The van der Waals surface area contributed by atoms with E-state index >= 15 is 0 Å². The van der Waals surface area contributed by atoms with Crippen LogP contribution in [0, 0.1) is 12.7 Å². The van der Waals surface area contributed by atoms with E-state index in [1.54, 1.807) is 13.0 Å². The van der Waals surface area contributed by atoms with Crippen LogP contribution < -0.4 is 5.73 Å². The number of halogens is 1. The molecule has 2 N–H and O–H groups in total. The summed E-state index contributed by atoms with van der Waals surface area (Å²) >= 11 is 0. The number of nitrogen functional groups attached to an aromatic ring is 1. The van der Waals surface area contributed by atoms with Gasteiger partial charge in [-0.25, -0.2) is 12.8 Å². The molecule has 1 heterocycles. The van der Waals surface area contributed by atoms with E-state index < -0.39 is 26.1 Å². The molecule has 0 aliphatic rings. The second kappa shape index (κ2) is 4.33. The van der Waals surface area contributed by atoms with Gasteiger partial charge in [0.1, 0.15) is 10.7 Å². The van der Waals surface area contributed by atoms with Crippen LogP contribution in [0.4, 0.5) is 9.52 Å². The summed E-state index contributed by atoms with van der Waals surface area (Å²) in [6.45, 7) is 1.81. The molecule has 0 amide bonds. The lowest BCUT2D eigenvalue weighted by molar-refractivity contribution is 0.571. The topological polar surface area (TPSA) is 73.0 Å². The van der Waals surface area contributed by atoms with E-state index in [0.29, 0.717) is 10.0 Å². The Morgan fingerprint density at radius 2 is 2.06 bits per heavy atom. The zero-order chi connectivity index (χ0) is 13.5. The van der Waals surface area contributed by atoms with Crippen LogP contribution in [0.15, 0.2) is 28.5 Å². The first-order chi connectivity index (χ1) is 8.29. The number of sulfone groups is 1. The molecule has 0 bridgehead atoms. The Morgan fingerprint density at radius 3 is 2.50 bits per heavy atom. The Labute approximate surface area is 107 Å². The predicted octanol–water partition coefficient (Wildman–Crippen LogP) is 2.25. The highest BCUT2D eigenvalue weighted by molar-refractivity contribution is 7.90. The van der Waals surface area contributed by atoms with Crippen LogP contribution in [-0.4, -0.2) is 19.7 Å².